The molecule has 2 unspecified atom stereocenters. The summed E-state index contributed by atoms with van der Waals surface area (Å²) in [6, 6.07) is 20.7. The van der Waals surface area contributed by atoms with Crippen molar-refractivity contribution in [2.24, 2.45) is 0 Å². The van der Waals surface area contributed by atoms with Crippen molar-refractivity contribution in [1.29, 1.82) is 0 Å². The number of ether oxygens (including phenoxy) is 1. The number of rotatable bonds is 5. The largest absolute Gasteiger partial charge is 0.504 e. The highest BCUT2D eigenvalue weighted by atomic mass is 35.5. The van der Waals surface area contributed by atoms with Gasteiger partial charge in [0.1, 0.15) is 11.9 Å². The lowest BCUT2D eigenvalue weighted by molar-refractivity contribution is -0.124. The topological polar surface area (TPSA) is 93.6 Å². The predicted molar refractivity (Wildman–Crippen MR) is 127 cm³/mol. The van der Waals surface area contributed by atoms with Crippen LogP contribution in [0.25, 0.3) is 21.8 Å². The van der Waals surface area contributed by atoms with Crippen molar-refractivity contribution in [3.8, 4) is 11.5 Å². The van der Waals surface area contributed by atoms with Gasteiger partial charge in [-0.15, -0.1) is 16.7 Å². The van der Waals surface area contributed by atoms with Gasteiger partial charge in [0.25, 0.3) is 5.91 Å². The van der Waals surface area contributed by atoms with Gasteiger partial charge in [0.2, 0.25) is 5.89 Å². The Morgan fingerprint density at radius 3 is 2.38 bits per heavy atom. The summed E-state index contributed by atoms with van der Waals surface area (Å²) in [5.41, 5.74) is 2.80. The van der Waals surface area contributed by atoms with Crippen LogP contribution in [0, 0.1) is 0 Å². The second kappa shape index (κ2) is 7.78. The fraction of sp³-hybridized carbons (Fsp3) is 0.160. The molecular formula is C25H19ClN4O4. The fourth-order valence-electron chi connectivity index (χ4n) is 4.58. The van der Waals surface area contributed by atoms with Gasteiger partial charge in [-0.05, 0) is 29.8 Å². The van der Waals surface area contributed by atoms with Gasteiger partial charge in [0.05, 0.1) is 13.2 Å². The number of β-lactam (4-membered cyclic amide) rings is 1. The van der Waals surface area contributed by atoms with Crippen LogP contribution in [0.4, 0.5) is 6.01 Å². The van der Waals surface area contributed by atoms with E-state index in [4.69, 9.17) is 20.8 Å². The van der Waals surface area contributed by atoms with E-state index in [1.165, 1.54) is 18.1 Å². The maximum atomic E-state index is 12.6. The van der Waals surface area contributed by atoms with Gasteiger partial charge >= 0.3 is 6.01 Å². The number of fused-ring (bicyclic) bond motifs is 3. The molecule has 2 atom stereocenters. The van der Waals surface area contributed by atoms with Crippen LogP contribution in [-0.2, 0) is 11.3 Å². The Bertz CT molecular complexity index is 1510. The zero-order chi connectivity index (χ0) is 23.4. The van der Waals surface area contributed by atoms with Gasteiger partial charge in [0.15, 0.2) is 11.5 Å². The van der Waals surface area contributed by atoms with Gasteiger partial charge in [-0.3, -0.25) is 9.69 Å². The first-order valence-electron chi connectivity index (χ1n) is 10.7. The number of hydrogen-bond acceptors (Lipinski definition) is 6. The van der Waals surface area contributed by atoms with Crippen molar-refractivity contribution in [2.45, 2.75) is 18.0 Å². The molecule has 0 saturated carbocycles. The minimum atomic E-state index is -0.790. The summed E-state index contributed by atoms with van der Waals surface area (Å²) in [5.74, 6) is 0.333. The fourth-order valence-corrected chi connectivity index (χ4v) is 4.94. The van der Waals surface area contributed by atoms with Crippen LogP contribution in [-0.4, -0.2) is 38.3 Å². The maximum Gasteiger partial charge on any atom is 0.325 e. The average Bonchev–Trinajstić information content (AvgIpc) is 3.45. The van der Waals surface area contributed by atoms with E-state index >= 15 is 0 Å². The number of phenols is 1. The standard InChI is InChI=1S/C25H19ClN4O4/c1-33-20-12-14(10-11-19(20)31)23-22(26)24(32)30(23)25-28-27-21(34-25)13-29-17-8-4-2-6-15(17)16-7-3-5-9-18(16)29/h2-12,22-23,31H,13H2,1H3. The van der Waals surface area contributed by atoms with Crippen molar-refractivity contribution in [1.82, 2.24) is 14.8 Å². The number of alkyl halides is 1. The van der Waals surface area contributed by atoms with E-state index in [0.29, 0.717) is 23.7 Å². The molecule has 1 fully saturated rings. The molecule has 1 amide bonds. The number of carbonyl (C=O) groups excluding carboxylic acids is 1. The maximum absolute atomic E-state index is 12.6. The monoisotopic (exact) mass is 474 g/mol. The zero-order valence-electron chi connectivity index (χ0n) is 18.1. The summed E-state index contributed by atoms with van der Waals surface area (Å²) in [6.45, 7) is 0.352. The van der Waals surface area contributed by atoms with Crippen molar-refractivity contribution in [3.63, 3.8) is 0 Å². The predicted octanol–water partition coefficient (Wildman–Crippen LogP) is 4.64. The molecule has 2 aromatic heterocycles. The van der Waals surface area contributed by atoms with E-state index in [9.17, 15) is 9.90 Å². The minimum absolute atomic E-state index is 0.000764. The first-order valence-corrected chi connectivity index (χ1v) is 11.1. The summed E-state index contributed by atoms with van der Waals surface area (Å²) in [7, 11) is 1.46. The lowest BCUT2D eigenvalue weighted by Crippen LogP contribution is -2.56. The Kier molecular flexibility index (Phi) is 4.70. The number of anilines is 1. The molecule has 0 spiro atoms. The van der Waals surface area contributed by atoms with Gasteiger partial charge < -0.3 is 18.8 Å². The van der Waals surface area contributed by atoms with Crippen molar-refractivity contribution in [3.05, 3.63) is 78.2 Å². The van der Waals surface area contributed by atoms with Crippen molar-refractivity contribution >= 4 is 45.3 Å². The molecule has 0 aliphatic carbocycles. The van der Waals surface area contributed by atoms with Crippen LogP contribution < -0.4 is 9.64 Å². The van der Waals surface area contributed by atoms with E-state index in [1.807, 2.05) is 24.3 Å². The number of amides is 1. The summed E-state index contributed by atoms with van der Waals surface area (Å²) >= 11 is 6.34. The molecule has 9 heteroatoms. The summed E-state index contributed by atoms with van der Waals surface area (Å²) < 4.78 is 13.2. The number of phenolic OH excluding ortho intramolecular Hbond substituents is 1. The molecule has 1 saturated heterocycles. The Balaban J connectivity index is 1.35. The summed E-state index contributed by atoms with van der Waals surface area (Å²) in [6.07, 6.45) is 0. The van der Waals surface area contributed by atoms with Crippen LogP contribution in [0.1, 0.15) is 17.5 Å². The Morgan fingerprint density at radius 2 is 1.71 bits per heavy atom. The van der Waals surface area contributed by atoms with Crippen molar-refractivity contribution in [2.75, 3.05) is 12.0 Å². The highest BCUT2D eigenvalue weighted by molar-refractivity contribution is 6.37. The highest BCUT2D eigenvalue weighted by Gasteiger charge is 2.50. The smallest absolute Gasteiger partial charge is 0.325 e. The molecule has 3 aromatic carbocycles. The molecule has 1 N–H and O–H groups in total. The lowest BCUT2D eigenvalue weighted by Gasteiger charge is -2.41. The SMILES string of the molecule is COc1cc(C2C(Cl)C(=O)N2c2nnc(Cn3c4ccccc4c4ccccc43)o2)ccc1O. The quantitative estimate of drug-likeness (QED) is 0.295. The van der Waals surface area contributed by atoms with Crippen LogP contribution in [0.2, 0.25) is 0 Å². The first kappa shape index (κ1) is 20.6. The van der Waals surface area contributed by atoms with Gasteiger partial charge in [-0.2, -0.15) is 0 Å². The van der Waals surface area contributed by atoms with Crippen LogP contribution in [0.15, 0.2) is 71.1 Å². The molecule has 0 radical (unpaired) electrons. The number of methoxy groups -OCH3 is 1. The molecule has 170 valence electrons. The van der Waals surface area contributed by atoms with Gasteiger partial charge in [-0.1, -0.05) is 47.6 Å². The third-order valence-corrected chi connectivity index (χ3v) is 6.63. The summed E-state index contributed by atoms with van der Waals surface area (Å²) in [5, 5.41) is 19.7. The van der Waals surface area contributed by atoms with Gasteiger partial charge in [0, 0.05) is 21.8 Å². The van der Waals surface area contributed by atoms with E-state index < -0.39 is 11.4 Å². The molecule has 5 aromatic rings. The third kappa shape index (κ3) is 3.03. The third-order valence-electron chi connectivity index (χ3n) is 6.21. The minimum Gasteiger partial charge on any atom is -0.504 e. The first-order chi connectivity index (χ1) is 16.6. The van der Waals surface area contributed by atoms with Crippen LogP contribution in [0.3, 0.4) is 0 Å². The zero-order valence-corrected chi connectivity index (χ0v) is 18.8. The normalized spacial score (nSPS) is 17.9. The number of nitrogens with zero attached hydrogens (tertiary/aromatic N) is 4. The Labute approximate surface area is 198 Å². The molecule has 3 heterocycles. The number of aromatic nitrogens is 3. The number of carbonyl (C=O) groups is 1. The number of benzene rings is 3. The number of aromatic hydroxyl groups is 1. The molecule has 0 bridgehead atoms. The van der Waals surface area contributed by atoms with E-state index in [-0.39, 0.29) is 17.7 Å². The van der Waals surface area contributed by atoms with E-state index in [2.05, 4.69) is 39.0 Å². The molecular weight excluding hydrogens is 456 g/mol. The Morgan fingerprint density at radius 1 is 1.03 bits per heavy atom. The van der Waals surface area contributed by atoms with Crippen LogP contribution >= 0.6 is 11.6 Å². The van der Waals surface area contributed by atoms with E-state index in [1.54, 1.807) is 12.1 Å². The Hall–Kier alpha value is -4.04. The number of halogens is 1. The number of hydrogen-bond donors (Lipinski definition) is 1. The molecule has 34 heavy (non-hydrogen) atoms. The lowest BCUT2D eigenvalue weighted by atomic mass is 9.93. The van der Waals surface area contributed by atoms with E-state index in [0.717, 1.165) is 21.8 Å². The number of para-hydroxylation sites is 2. The van der Waals surface area contributed by atoms with Gasteiger partial charge in [-0.25, -0.2) is 0 Å². The molecule has 1 aliphatic heterocycles. The van der Waals surface area contributed by atoms with Crippen molar-refractivity contribution < 1.29 is 19.1 Å². The van der Waals surface area contributed by atoms with Crippen LogP contribution in [0.5, 0.6) is 11.5 Å². The average molecular weight is 475 g/mol. The second-order valence-corrected chi connectivity index (χ2v) is 8.56. The molecule has 8 nitrogen and oxygen atoms in total. The molecule has 6 rings (SSSR count). The highest BCUT2D eigenvalue weighted by Crippen LogP contribution is 2.43. The second-order valence-electron chi connectivity index (χ2n) is 8.08. The molecule has 1 aliphatic rings. The summed E-state index contributed by atoms with van der Waals surface area (Å²) in [4.78, 5) is 14.0.